The molecule has 0 spiro atoms. The van der Waals surface area contributed by atoms with Crippen molar-refractivity contribution in [2.75, 3.05) is 0 Å². The lowest BCUT2D eigenvalue weighted by Crippen LogP contribution is -2.00. The molecule has 0 saturated carbocycles. The highest BCUT2D eigenvalue weighted by atomic mass is 35.5. The van der Waals surface area contributed by atoms with Crippen LogP contribution in [0, 0.1) is 0 Å². The highest BCUT2D eigenvalue weighted by Gasteiger charge is 2.13. The molecule has 4 aromatic rings. The number of fused-ring (bicyclic) bond motifs is 1. The first-order valence-corrected chi connectivity index (χ1v) is 8.85. The number of halogens is 1. The van der Waals surface area contributed by atoms with Gasteiger partial charge in [0.1, 0.15) is 5.69 Å². The van der Waals surface area contributed by atoms with Gasteiger partial charge in [-0.3, -0.25) is 4.98 Å². The van der Waals surface area contributed by atoms with Crippen molar-refractivity contribution >= 4 is 22.5 Å². The van der Waals surface area contributed by atoms with Crippen molar-refractivity contribution in [3.05, 3.63) is 83.6 Å². The number of rotatable bonds is 4. The molecule has 7 nitrogen and oxygen atoms in total. The van der Waals surface area contributed by atoms with Crippen LogP contribution in [0.5, 0.6) is 0 Å². The highest BCUT2D eigenvalue weighted by Crippen LogP contribution is 2.23. The van der Waals surface area contributed by atoms with Crippen LogP contribution in [0.3, 0.4) is 0 Å². The fraction of sp³-hybridized carbons (Fsp3) is 0.105. The Morgan fingerprint density at radius 2 is 1.89 bits per heavy atom. The molecule has 0 bridgehead atoms. The largest absolute Gasteiger partial charge is 0.256 e. The topological polar surface area (TPSA) is 74.3 Å². The van der Waals surface area contributed by atoms with E-state index in [-0.39, 0.29) is 5.92 Å². The maximum atomic E-state index is 6.06. The zero-order valence-corrected chi connectivity index (χ0v) is 14.9. The van der Waals surface area contributed by atoms with Crippen LogP contribution in [-0.4, -0.2) is 35.0 Å². The average molecular weight is 376 g/mol. The zero-order valence-electron chi connectivity index (χ0n) is 14.1. The van der Waals surface area contributed by atoms with Crippen molar-refractivity contribution in [3.63, 3.8) is 0 Å². The molecule has 1 aliphatic rings. The third kappa shape index (κ3) is 3.02. The lowest BCUT2D eigenvalue weighted by atomic mass is 10.1. The summed E-state index contributed by atoms with van der Waals surface area (Å²) < 4.78 is 3.52. The lowest BCUT2D eigenvalue weighted by Gasteiger charge is -2.05. The number of allylic oxidation sites excluding steroid dienone is 4. The minimum absolute atomic E-state index is 0.199. The van der Waals surface area contributed by atoms with Crippen molar-refractivity contribution in [3.8, 4) is 5.69 Å². The van der Waals surface area contributed by atoms with Gasteiger partial charge in [-0.2, -0.15) is 0 Å². The number of aromatic nitrogens is 7. The number of nitrogens with zero attached hydrogens (tertiary/aromatic N) is 7. The van der Waals surface area contributed by atoms with Crippen molar-refractivity contribution in [1.82, 2.24) is 35.0 Å². The summed E-state index contributed by atoms with van der Waals surface area (Å²) in [4.78, 5) is 4.36. The van der Waals surface area contributed by atoms with E-state index in [1.807, 2.05) is 48.8 Å². The van der Waals surface area contributed by atoms with E-state index in [9.17, 15) is 0 Å². The van der Waals surface area contributed by atoms with E-state index in [1.54, 1.807) is 15.6 Å². The molecule has 0 fully saturated rings. The van der Waals surface area contributed by atoms with Gasteiger partial charge in [0.25, 0.3) is 0 Å². The molecule has 0 radical (unpaired) electrons. The number of pyridine rings is 1. The summed E-state index contributed by atoms with van der Waals surface area (Å²) in [6.07, 6.45) is 13.8. The van der Waals surface area contributed by atoms with Crippen molar-refractivity contribution in [1.29, 1.82) is 0 Å². The first-order chi connectivity index (χ1) is 13.3. The van der Waals surface area contributed by atoms with Gasteiger partial charge >= 0.3 is 0 Å². The quantitative estimate of drug-likeness (QED) is 0.547. The summed E-state index contributed by atoms with van der Waals surface area (Å²) in [5.74, 6) is 0.199. The molecule has 1 aliphatic carbocycles. The molecule has 3 aromatic heterocycles. The number of hydrogen-bond acceptors (Lipinski definition) is 5. The zero-order chi connectivity index (χ0) is 18.2. The molecule has 0 amide bonds. The lowest BCUT2D eigenvalue weighted by molar-refractivity contribution is 0.636. The van der Waals surface area contributed by atoms with Gasteiger partial charge in [0, 0.05) is 28.7 Å². The first kappa shape index (κ1) is 15.9. The molecular formula is C19H14ClN7. The molecular weight excluding hydrogens is 362 g/mol. The minimum atomic E-state index is 0.199. The van der Waals surface area contributed by atoms with Gasteiger partial charge in [0.2, 0.25) is 0 Å². The Morgan fingerprint density at radius 1 is 1.00 bits per heavy atom. The van der Waals surface area contributed by atoms with Crippen LogP contribution in [0.25, 0.3) is 16.6 Å². The van der Waals surface area contributed by atoms with E-state index in [4.69, 9.17) is 11.6 Å². The second-order valence-electron chi connectivity index (χ2n) is 6.28. The molecule has 5 rings (SSSR count). The van der Waals surface area contributed by atoms with Crippen LogP contribution in [0.2, 0.25) is 5.02 Å². The third-order valence-corrected chi connectivity index (χ3v) is 4.67. The normalized spacial score (nSPS) is 13.8. The van der Waals surface area contributed by atoms with Crippen LogP contribution in [-0.2, 0) is 6.54 Å². The summed E-state index contributed by atoms with van der Waals surface area (Å²) in [5.41, 5.74) is 3.43. The first-order valence-electron chi connectivity index (χ1n) is 8.47. The van der Waals surface area contributed by atoms with Gasteiger partial charge in [-0.25, -0.2) is 9.36 Å². The Bertz CT molecular complexity index is 1180. The fourth-order valence-corrected chi connectivity index (χ4v) is 3.30. The SMILES string of the molecule is Clc1ccc2c(-n3cc(Cn4cc(C5C=CC=C5)nn4)nn3)ccnc2c1. The summed E-state index contributed by atoms with van der Waals surface area (Å²) in [5, 5.41) is 18.6. The molecule has 0 unspecified atom stereocenters. The predicted molar refractivity (Wildman–Crippen MR) is 102 cm³/mol. The summed E-state index contributed by atoms with van der Waals surface area (Å²) in [6, 6.07) is 7.52. The van der Waals surface area contributed by atoms with Crippen LogP contribution < -0.4 is 0 Å². The Labute approximate surface area is 159 Å². The Hall–Kier alpha value is -3.32. The molecule has 132 valence electrons. The maximum Gasteiger partial charge on any atom is 0.105 e. The van der Waals surface area contributed by atoms with Gasteiger partial charge in [-0.1, -0.05) is 46.3 Å². The fourth-order valence-electron chi connectivity index (χ4n) is 3.13. The van der Waals surface area contributed by atoms with Crippen LogP contribution in [0.1, 0.15) is 17.3 Å². The van der Waals surface area contributed by atoms with E-state index < -0.39 is 0 Å². The molecule has 27 heavy (non-hydrogen) atoms. The van der Waals surface area contributed by atoms with Crippen LogP contribution in [0.4, 0.5) is 0 Å². The van der Waals surface area contributed by atoms with Crippen LogP contribution in [0.15, 0.2) is 67.2 Å². The summed E-state index contributed by atoms with van der Waals surface area (Å²) >= 11 is 6.06. The monoisotopic (exact) mass is 375 g/mol. The highest BCUT2D eigenvalue weighted by molar-refractivity contribution is 6.31. The number of benzene rings is 1. The van der Waals surface area contributed by atoms with Crippen molar-refractivity contribution in [2.45, 2.75) is 12.5 Å². The molecule has 0 N–H and O–H groups in total. The van der Waals surface area contributed by atoms with E-state index >= 15 is 0 Å². The molecule has 0 atom stereocenters. The smallest absolute Gasteiger partial charge is 0.105 e. The Kier molecular flexibility index (Phi) is 3.79. The minimum Gasteiger partial charge on any atom is -0.256 e. The van der Waals surface area contributed by atoms with E-state index in [2.05, 4.69) is 37.8 Å². The van der Waals surface area contributed by atoms with Gasteiger partial charge in [-0.15, -0.1) is 10.2 Å². The second kappa shape index (κ2) is 6.44. The van der Waals surface area contributed by atoms with Gasteiger partial charge in [0.05, 0.1) is 29.6 Å². The molecule has 3 heterocycles. The third-order valence-electron chi connectivity index (χ3n) is 4.44. The van der Waals surface area contributed by atoms with E-state index in [1.165, 1.54) is 0 Å². The van der Waals surface area contributed by atoms with Gasteiger partial charge < -0.3 is 0 Å². The van der Waals surface area contributed by atoms with Crippen LogP contribution >= 0.6 is 11.6 Å². The van der Waals surface area contributed by atoms with E-state index in [0.29, 0.717) is 11.6 Å². The van der Waals surface area contributed by atoms with E-state index in [0.717, 1.165) is 28.0 Å². The molecule has 0 saturated heterocycles. The maximum absolute atomic E-state index is 6.06. The average Bonchev–Trinajstić information content (AvgIpc) is 3.43. The predicted octanol–water partition coefficient (Wildman–Crippen LogP) is 3.32. The summed E-state index contributed by atoms with van der Waals surface area (Å²) in [7, 11) is 0. The number of hydrogen-bond donors (Lipinski definition) is 0. The second-order valence-corrected chi connectivity index (χ2v) is 6.72. The molecule has 8 heteroatoms. The molecule has 1 aromatic carbocycles. The molecule has 0 aliphatic heterocycles. The van der Waals surface area contributed by atoms with Gasteiger partial charge in [-0.05, 0) is 24.3 Å². The van der Waals surface area contributed by atoms with Crippen molar-refractivity contribution < 1.29 is 0 Å². The van der Waals surface area contributed by atoms with Gasteiger partial charge in [0.15, 0.2) is 0 Å². The standard InChI is InChI=1S/C19H14ClN7/c20-14-5-6-16-17(9-14)21-8-7-19(16)27-11-15(22-25-27)10-26-12-18(23-24-26)13-3-1-2-4-13/h1-9,11-13H,10H2. The Morgan fingerprint density at radius 3 is 2.78 bits per heavy atom. The Balaban J connectivity index is 1.42. The van der Waals surface area contributed by atoms with Crippen molar-refractivity contribution in [2.24, 2.45) is 0 Å². The summed E-state index contributed by atoms with van der Waals surface area (Å²) in [6.45, 7) is 0.502.